The van der Waals surface area contributed by atoms with Crippen LogP contribution in [-0.4, -0.2) is 36.1 Å². The molecule has 2 N–H and O–H groups in total. The van der Waals surface area contributed by atoms with Gasteiger partial charge in [0, 0.05) is 53.9 Å². The zero-order valence-electron chi connectivity index (χ0n) is 22.4. The molecule has 0 amide bonds. The van der Waals surface area contributed by atoms with E-state index in [9.17, 15) is 17.6 Å². The van der Waals surface area contributed by atoms with Gasteiger partial charge in [-0.05, 0) is 78.8 Å². The lowest BCUT2D eigenvalue weighted by atomic mass is 9.93. The van der Waals surface area contributed by atoms with Gasteiger partial charge in [-0.3, -0.25) is 4.98 Å². The maximum Gasteiger partial charge on any atom is 0.417 e. The minimum Gasteiger partial charge on any atom is -0.354 e. The number of piperazine rings is 1. The Hall–Kier alpha value is -3.69. The summed E-state index contributed by atoms with van der Waals surface area (Å²) in [5.74, 6) is 0.472. The van der Waals surface area contributed by atoms with Gasteiger partial charge in [0.2, 0.25) is 0 Å². The smallest absolute Gasteiger partial charge is 0.354 e. The summed E-state index contributed by atoms with van der Waals surface area (Å²) in [6.07, 6.45) is 0.587. The molecule has 212 valence electrons. The Labute approximate surface area is 240 Å². The third kappa shape index (κ3) is 5.48. The van der Waals surface area contributed by atoms with Gasteiger partial charge >= 0.3 is 6.18 Å². The summed E-state index contributed by atoms with van der Waals surface area (Å²) < 4.78 is 57.6. The first-order chi connectivity index (χ1) is 19.6. The van der Waals surface area contributed by atoms with Gasteiger partial charge in [0.05, 0.1) is 28.7 Å². The molecule has 0 bridgehead atoms. The second kappa shape index (κ2) is 10.6. The van der Waals surface area contributed by atoms with Crippen LogP contribution in [-0.2, 0) is 6.18 Å². The Morgan fingerprint density at radius 2 is 1.83 bits per heavy atom. The lowest BCUT2D eigenvalue weighted by Gasteiger charge is -2.28. The third-order valence-electron chi connectivity index (χ3n) is 7.78. The molecule has 4 aromatic rings. The third-order valence-corrected chi connectivity index (χ3v) is 8.17. The van der Waals surface area contributed by atoms with Gasteiger partial charge in [0.15, 0.2) is 0 Å². The van der Waals surface area contributed by atoms with E-state index in [1.807, 2.05) is 12.1 Å². The zero-order chi connectivity index (χ0) is 28.9. The summed E-state index contributed by atoms with van der Waals surface area (Å²) in [7, 11) is 0. The van der Waals surface area contributed by atoms with Crippen molar-refractivity contribution < 1.29 is 17.6 Å². The van der Waals surface area contributed by atoms with Gasteiger partial charge in [-0.2, -0.15) is 13.2 Å². The summed E-state index contributed by atoms with van der Waals surface area (Å²) in [5.41, 5.74) is 2.11. The van der Waals surface area contributed by atoms with Crippen LogP contribution in [0.15, 0.2) is 55.4 Å². The van der Waals surface area contributed by atoms with Crippen LogP contribution in [0.1, 0.15) is 29.5 Å². The molecule has 0 spiro atoms. The van der Waals surface area contributed by atoms with E-state index >= 15 is 0 Å². The first kappa shape index (κ1) is 27.5. The van der Waals surface area contributed by atoms with Crippen molar-refractivity contribution in [3.63, 3.8) is 0 Å². The molecule has 2 fully saturated rings. The first-order valence-corrected chi connectivity index (χ1v) is 13.9. The predicted molar refractivity (Wildman–Crippen MR) is 156 cm³/mol. The molecule has 1 aliphatic heterocycles. The highest BCUT2D eigenvalue weighted by Gasteiger charge is 2.35. The molecular formula is C31H28ClF4N5. The van der Waals surface area contributed by atoms with Gasteiger partial charge in [-0.25, -0.2) is 9.37 Å². The lowest BCUT2D eigenvalue weighted by Crippen LogP contribution is -2.43. The Morgan fingerprint density at radius 1 is 1.07 bits per heavy atom. The van der Waals surface area contributed by atoms with Crippen LogP contribution in [0.4, 0.5) is 34.8 Å². The molecule has 2 aliphatic rings. The highest BCUT2D eigenvalue weighted by atomic mass is 35.5. The van der Waals surface area contributed by atoms with Crippen molar-refractivity contribution in [2.75, 3.05) is 36.4 Å². The maximum atomic E-state index is 14.7. The topological polar surface area (TPSA) is 53.1 Å². The monoisotopic (exact) mass is 581 g/mol. The minimum atomic E-state index is -4.70. The molecule has 1 aliphatic carbocycles. The van der Waals surface area contributed by atoms with Gasteiger partial charge in [-0.1, -0.05) is 18.2 Å². The number of hydrogen-bond acceptors (Lipinski definition) is 5. The van der Waals surface area contributed by atoms with Gasteiger partial charge < -0.3 is 15.5 Å². The number of hydrogen-bond donors (Lipinski definition) is 2. The van der Waals surface area contributed by atoms with Crippen molar-refractivity contribution in [2.45, 2.75) is 25.9 Å². The van der Waals surface area contributed by atoms with Crippen molar-refractivity contribution in [1.29, 1.82) is 0 Å². The van der Waals surface area contributed by atoms with E-state index in [0.717, 1.165) is 68.1 Å². The molecule has 1 saturated heterocycles. The van der Waals surface area contributed by atoms with E-state index in [1.54, 1.807) is 12.4 Å². The van der Waals surface area contributed by atoms with Crippen LogP contribution in [0.5, 0.6) is 0 Å². The molecule has 0 unspecified atom stereocenters. The second-order valence-corrected chi connectivity index (χ2v) is 11.0. The van der Waals surface area contributed by atoms with Crippen LogP contribution in [0.3, 0.4) is 0 Å². The van der Waals surface area contributed by atoms with Crippen LogP contribution in [0, 0.1) is 18.7 Å². The number of alkyl halides is 3. The fourth-order valence-electron chi connectivity index (χ4n) is 5.23. The van der Waals surface area contributed by atoms with Crippen molar-refractivity contribution in [3.05, 3.63) is 82.9 Å². The number of rotatable bonds is 6. The average molecular weight is 582 g/mol. The molecule has 10 heteroatoms. The lowest BCUT2D eigenvalue weighted by molar-refractivity contribution is -0.137. The van der Waals surface area contributed by atoms with E-state index in [-0.39, 0.29) is 27.2 Å². The van der Waals surface area contributed by atoms with Crippen molar-refractivity contribution in [2.24, 2.45) is 5.92 Å². The van der Waals surface area contributed by atoms with E-state index in [1.165, 1.54) is 19.1 Å². The highest BCUT2D eigenvalue weighted by molar-refractivity contribution is 6.31. The van der Waals surface area contributed by atoms with E-state index < -0.39 is 17.6 Å². The van der Waals surface area contributed by atoms with Crippen molar-refractivity contribution >= 4 is 45.3 Å². The van der Waals surface area contributed by atoms with Crippen molar-refractivity contribution in [1.82, 2.24) is 15.3 Å². The van der Waals surface area contributed by atoms with E-state index in [4.69, 9.17) is 11.6 Å². The maximum absolute atomic E-state index is 14.7. The number of aromatic nitrogens is 2. The molecule has 6 rings (SSSR count). The normalized spacial score (nSPS) is 15.8. The Balaban J connectivity index is 1.51. The van der Waals surface area contributed by atoms with Crippen LogP contribution >= 0.6 is 11.6 Å². The Kier molecular flexibility index (Phi) is 7.11. The number of allylic oxidation sites excluding steroid dienone is 1. The van der Waals surface area contributed by atoms with Crippen molar-refractivity contribution in [3.8, 4) is 11.1 Å². The van der Waals surface area contributed by atoms with Crippen LogP contribution in [0.2, 0.25) is 5.02 Å². The van der Waals surface area contributed by atoms with Gasteiger partial charge in [-0.15, -0.1) is 0 Å². The summed E-state index contributed by atoms with van der Waals surface area (Å²) in [5, 5.41) is 7.23. The molecule has 2 aromatic carbocycles. The predicted octanol–water partition coefficient (Wildman–Crippen LogP) is 7.99. The quantitative estimate of drug-likeness (QED) is 0.226. The first-order valence-electron chi connectivity index (χ1n) is 13.5. The SMILES string of the molecule is C=C(c1cnc2cc(C(F)(F)F)c(-c3cc(F)c(C)c(Cl)c3)cc2c1Nc1ccc(N2CCNCC2)nc1)C1CC1. The second-order valence-electron chi connectivity index (χ2n) is 10.6. The Morgan fingerprint density at radius 3 is 2.46 bits per heavy atom. The number of anilines is 3. The molecule has 5 nitrogen and oxygen atoms in total. The molecule has 41 heavy (non-hydrogen) atoms. The van der Waals surface area contributed by atoms with Crippen LogP contribution < -0.4 is 15.5 Å². The number of pyridine rings is 2. The number of nitrogens with zero attached hydrogens (tertiary/aromatic N) is 3. The van der Waals surface area contributed by atoms with E-state index in [2.05, 4.69) is 32.1 Å². The van der Waals surface area contributed by atoms with Crippen LogP contribution in [0.25, 0.3) is 27.6 Å². The number of fused-ring (bicyclic) bond motifs is 1. The minimum absolute atomic E-state index is 0.0340. The number of nitrogens with one attached hydrogen (secondary N) is 2. The standard InChI is InChI=1S/C31H28ClF4N5/c1-17(19-3-4-19)24-16-38-28-14-25(31(34,35)36)22(20-11-26(32)18(2)27(33)12-20)13-23(28)30(24)40-21-5-6-29(39-15-21)41-9-7-37-8-10-41/h5-6,11-16,19,37H,1,3-4,7-10H2,2H3,(H,38,40). The molecule has 0 radical (unpaired) electrons. The molecule has 1 saturated carbocycles. The molecule has 2 aromatic heterocycles. The fourth-order valence-corrected chi connectivity index (χ4v) is 5.44. The average Bonchev–Trinajstić information content (AvgIpc) is 3.81. The highest BCUT2D eigenvalue weighted by Crippen LogP contribution is 2.47. The summed E-state index contributed by atoms with van der Waals surface area (Å²) >= 11 is 6.20. The van der Waals surface area contributed by atoms with E-state index in [0.29, 0.717) is 22.7 Å². The van der Waals surface area contributed by atoms with Gasteiger partial charge in [0.25, 0.3) is 0 Å². The summed E-state index contributed by atoms with van der Waals surface area (Å²) in [4.78, 5) is 11.2. The molecule has 0 atom stereocenters. The fraction of sp³-hybridized carbons (Fsp3) is 0.290. The molecular weight excluding hydrogens is 554 g/mol. The number of benzene rings is 2. The Bertz CT molecular complexity index is 1620. The largest absolute Gasteiger partial charge is 0.417 e. The zero-order valence-corrected chi connectivity index (χ0v) is 23.1. The van der Waals surface area contributed by atoms with Gasteiger partial charge in [0.1, 0.15) is 11.6 Å². The summed E-state index contributed by atoms with van der Waals surface area (Å²) in [6.45, 7) is 9.25. The molecule has 3 heterocycles. The summed E-state index contributed by atoms with van der Waals surface area (Å²) in [6, 6.07) is 8.71. The number of halogens is 5.